The van der Waals surface area contributed by atoms with Crippen molar-refractivity contribution < 1.29 is 9.84 Å². The van der Waals surface area contributed by atoms with E-state index in [9.17, 15) is 9.90 Å². The second-order valence-electron chi connectivity index (χ2n) is 3.56. The third-order valence-electron chi connectivity index (χ3n) is 2.51. The molecule has 2 aromatic rings. The molecule has 4 heteroatoms. The molecule has 4 nitrogen and oxygen atoms in total. The van der Waals surface area contributed by atoms with E-state index in [2.05, 4.69) is 0 Å². The molecule has 0 fully saturated rings. The van der Waals surface area contributed by atoms with Gasteiger partial charge in [-0.1, -0.05) is 18.2 Å². The summed E-state index contributed by atoms with van der Waals surface area (Å²) >= 11 is 0. The van der Waals surface area contributed by atoms with Gasteiger partial charge < -0.3 is 14.4 Å². The summed E-state index contributed by atoms with van der Waals surface area (Å²) in [6.07, 6.45) is 1.59. The summed E-state index contributed by atoms with van der Waals surface area (Å²) < 4.78 is 6.73. The van der Waals surface area contributed by atoms with Crippen LogP contribution in [-0.2, 0) is 6.61 Å². The maximum absolute atomic E-state index is 11.6. The van der Waals surface area contributed by atoms with Gasteiger partial charge in [0.1, 0.15) is 0 Å². The fourth-order valence-electron chi connectivity index (χ4n) is 1.66. The van der Waals surface area contributed by atoms with Crippen LogP contribution < -0.4 is 10.2 Å². The minimum absolute atomic E-state index is 0.200. The van der Waals surface area contributed by atoms with Crippen molar-refractivity contribution in [3.05, 3.63) is 58.5 Å². The van der Waals surface area contributed by atoms with E-state index in [1.54, 1.807) is 10.8 Å². The van der Waals surface area contributed by atoms with Crippen molar-refractivity contribution in [2.24, 2.45) is 0 Å². The van der Waals surface area contributed by atoms with Gasteiger partial charge in [-0.3, -0.25) is 4.79 Å². The minimum Gasteiger partial charge on any atom is -0.491 e. The maximum Gasteiger partial charge on any atom is 0.223 e. The minimum atomic E-state index is -0.233. The molecule has 2 rings (SSSR count). The van der Waals surface area contributed by atoms with E-state index < -0.39 is 0 Å². The van der Waals surface area contributed by atoms with Crippen LogP contribution in [0.15, 0.2) is 47.4 Å². The van der Waals surface area contributed by atoms with Crippen LogP contribution in [-0.4, -0.2) is 16.8 Å². The number of pyridine rings is 1. The van der Waals surface area contributed by atoms with Crippen molar-refractivity contribution in [1.82, 2.24) is 4.57 Å². The summed E-state index contributed by atoms with van der Waals surface area (Å²) in [5.74, 6) is 0.256. The van der Waals surface area contributed by atoms with Crippen LogP contribution in [0.25, 0.3) is 5.69 Å². The highest BCUT2D eigenvalue weighted by molar-refractivity contribution is 5.36. The first-order valence-electron chi connectivity index (χ1n) is 5.22. The molecule has 0 amide bonds. The Labute approximate surface area is 98.7 Å². The average molecular weight is 231 g/mol. The smallest absolute Gasteiger partial charge is 0.223 e. The van der Waals surface area contributed by atoms with Crippen molar-refractivity contribution in [2.45, 2.75) is 6.61 Å². The van der Waals surface area contributed by atoms with Gasteiger partial charge in [-0.25, -0.2) is 0 Å². The lowest BCUT2D eigenvalue weighted by molar-refractivity contribution is 0.273. The van der Waals surface area contributed by atoms with E-state index >= 15 is 0 Å². The molecule has 17 heavy (non-hydrogen) atoms. The third kappa shape index (κ3) is 2.21. The van der Waals surface area contributed by atoms with Crippen molar-refractivity contribution in [3.8, 4) is 11.4 Å². The van der Waals surface area contributed by atoms with Gasteiger partial charge in [0.25, 0.3) is 0 Å². The summed E-state index contributed by atoms with van der Waals surface area (Å²) in [4.78, 5) is 11.6. The molecule has 1 N–H and O–H groups in total. The van der Waals surface area contributed by atoms with Gasteiger partial charge >= 0.3 is 0 Å². The molecule has 0 saturated carbocycles. The molecule has 0 aliphatic rings. The average Bonchev–Trinajstić information content (AvgIpc) is 2.39. The van der Waals surface area contributed by atoms with Crippen molar-refractivity contribution >= 4 is 0 Å². The number of hydrogen-bond acceptors (Lipinski definition) is 3. The molecular formula is C13H13NO3. The molecule has 1 heterocycles. The highest BCUT2D eigenvalue weighted by atomic mass is 16.5. The molecule has 0 aliphatic heterocycles. The first kappa shape index (κ1) is 11.4. The van der Waals surface area contributed by atoms with Crippen molar-refractivity contribution in [1.29, 1.82) is 0 Å². The molecule has 0 bridgehead atoms. The van der Waals surface area contributed by atoms with Crippen LogP contribution in [0.1, 0.15) is 5.69 Å². The number of aliphatic hydroxyl groups excluding tert-OH is 1. The zero-order valence-electron chi connectivity index (χ0n) is 9.46. The van der Waals surface area contributed by atoms with Crippen LogP contribution in [0.3, 0.4) is 0 Å². The first-order valence-corrected chi connectivity index (χ1v) is 5.22. The Hall–Kier alpha value is -2.07. The van der Waals surface area contributed by atoms with Crippen LogP contribution in [0, 0.1) is 0 Å². The number of methoxy groups -OCH3 is 1. The Morgan fingerprint density at radius 2 is 2.00 bits per heavy atom. The molecule has 0 unspecified atom stereocenters. The van der Waals surface area contributed by atoms with Crippen LogP contribution in [0.4, 0.5) is 0 Å². The number of ether oxygens (including phenoxy) is 1. The summed E-state index contributed by atoms with van der Waals surface area (Å²) in [5, 5.41) is 9.27. The molecule has 1 aromatic heterocycles. The van der Waals surface area contributed by atoms with E-state index in [-0.39, 0.29) is 17.8 Å². The van der Waals surface area contributed by atoms with Gasteiger partial charge in [-0.15, -0.1) is 0 Å². The number of aliphatic hydroxyl groups is 1. The Bertz CT molecular complexity index is 561. The second kappa shape index (κ2) is 4.84. The Balaban J connectivity index is 2.64. The topological polar surface area (TPSA) is 51.5 Å². The van der Waals surface area contributed by atoms with Crippen LogP contribution in [0.2, 0.25) is 0 Å². The van der Waals surface area contributed by atoms with Gasteiger partial charge in [0.2, 0.25) is 5.43 Å². The Kier molecular flexibility index (Phi) is 3.25. The molecule has 0 spiro atoms. The molecule has 0 atom stereocenters. The van der Waals surface area contributed by atoms with Gasteiger partial charge in [-0.2, -0.15) is 0 Å². The summed E-state index contributed by atoms with van der Waals surface area (Å²) in [6, 6.07) is 10.8. The Morgan fingerprint density at radius 1 is 1.29 bits per heavy atom. The molecule has 0 saturated heterocycles. The molecule has 1 aromatic carbocycles. The highest BCUT2D eigenvalue weighted by Crippen LogP contribution is 2.14. The third-order valence-corrected chi connectivity index (χ3v) is 2.51. The quantitative estimate of drug-likeness (QED) is 0.867. The van der Waals surface area contributed by atoms with Gasteiger partial charge in [0.15, 0.2) is 5.75 Å². The predicted molar refractivity (Wildman–Crippen MR) is 64.5 cm³/mol. The van der Waals surface area contributed by atoms with E-state index in [0.717, 1.165) is 5.69 Å². The number of aromatic nitrogens is 1. The summed E-state index contributed by atoms with van der Waals surface area (Å²) in [7, 11) is 1.45. The fraction of sp³-hybridized carbons (Fsp3) is 0.154. The number of nitrogens with zero attached hydrogens (tertiary/aromatic N) is 1. The SMILES string of the molecule is COc1cn(-c2ccccc2)c(CO)cc1=O. The lowest BCUT2D eigenvalue weighted by atomic mass is 10.2. The monoisotopic (exact) mass is 231 g/mol. The summed E-state index contributed by atoms with van der Waals surface area (Å²) in [6.45, 7) is -0.200. The number of para-hydroxylation sites is 1. The molecule has 0 aliphatic carbocycles. The first-order chi connectivity index (χ1) is 8.26. The van der Waals surface area contributed by atoms with Gasteiger partial charge in [-0.05, 0) is 12.1 Å². The molecule has 88 valence electrons. The van der Waals surface area contributed by atoms with E-state index in [4.69, 9.17) is 4.74 Å². The normalized spacial score (nSPS) is 10.2. The number of benzene rings is 1. The summed E-state index contributed by atoms with van der Waals surface area (Å²) in [5.41, 5.74) is 1.17. The van der Waals surface area contributed by atoms with E-state index in [1.807, 2.05) is 30.3 Å². The van der Waals surface area contributed by atoms with Crippen molar-refractivity contribution in [3.63, 3.8) is 0 Å². The number of hydrogen-bond donors (Lipinski definition) is 1. The standard InChI is InChI=1S/C13H13NO3/c1-17-13-8-14(10-5-3-2-4-6-10)11(9-15)7-12(13)16/h2-8,15H,9H2,1H3. The highest BCUT2D eigenvalue weighted by Gasteiger charge is 2.07. The van der Waals surface area contributed by atoms with Gasteiger partial charge in [0.05, 0.1) is 25.6 Å². The lowest BCUT2D eigenvalue weighted by Crippen LogP contribution is -2.13. The molecule has 0 radical (unpaired) electrons. The van der Waals surface area contributed by atoms with E-state index in [0.29, 0.717) is 5.69 Å². The maximum atomic E-state index is 11.6. The lowest BCUT2D eigenvalue weighted by Gasteiger charge is -2.13. The second-order valence-corrected chi connectivity index (χ2v) is 3.56. The van der Waals surface area contributed by atoms with E-state index in [1.165, 1.54) is 13.2 Å². The predicted octanol–water partition coefficient (Wildman–Crippen LogP) is 1.34. The number of rotatable bonds is 3. The van der Waals surface area contributed by atoms with Crippen molar-refractivity contribution in [2.75, 3.05) is 7.11 Å². The van der Waals surface area contributed by atoms with Crippen LogP contribution >= 0.6 is 0 Å². The van der Waals surface area contributed by atoms with Crippen LogP contribution in [0.5, 0.6) is 5.75 Å². The Morgan fingerprint density at radius 3 is 2.59 bits per heavy atom. The van der Waals surface area contributed by atoms with Gasteiger partial charge in [0, 0.05) is 11.8 Å². The largest absolute Gasteiger partial charge is 0.491 e. The molecular weight excluding hydrogens is 218 g/mol. The zero-order chi connectivity index (χ0) is 12.3. The zero-order valence-corrected chi connectivity index (χ0v) is 9.46. The fourth-order valence-corrected chi connectivity index (χ4v) is 1.66.